The Morgan fingerprint density at radius 3 is 2.68 bits per heavy atom. The second-order valence-corrected chi connectivity index (χ2v) is 5.90. The highest BCUT2D eigenvalue weighted by atomic mass is 127. The van der Waals surface area contributed by atoms with E-state index in [4.69, 9.17) is 9.47 Å². The van der Waals surface area contributed by atoms with E-state index in [1.807, 2.05) is 20.8 Å². The number of carbonyl (C=O) groups excluding carboxylic acids is 1. The highest BCUT2D eigenvalue weighted by Gasteiger charge is 2.29. The Bertz CT molecular complexity index is 375. The molecule has 0 bridgehead atoms. The standard InChI is InChI=1S/C15H29N3O3.HI/c1-6-21-13(19)12-8-7-9-18(10-12)14(16-4)17-11-15(2,3)20-5;/h12H,6-11H2,1-5H3,(H,16,17);1H/t12-;/m0./s1. The van der Waals surface area contributed by atoms with Crippen LogP contribution in [0.15, 0.2) is 4.99 Å². The fourth-order valence-electron chi connectivity index (χ4n) is 2.32. The van der Waals surface area contributed by atoms with Crippen molar-refractivity contribution in [2.45, 2.75) is 39.2 Å². The molecule has 0 amide bonds. The predicted octanol–water partition coefficient (Wildman–Crippen LogP) is 1.88. The van der Waals surface area contributed by atoms with Crippen LogP contribution in [0.3, 0.4) is 0 Å². The SMILES string of the molecule is CCOC(=O)[C@H]1CCCN(C(=NC)NCC(C)(C)OC)C1.I. The van der Waals surface area contributed by atoms with E-state index >= 15 is 0 Å². The minimum atomic E-state index is -0.258. The molecule has 22 heavy (non-hydrogen) atoms. The largest absolute Gasteiger partial charge is 0.466 e. The summed E-state index contributed by atoms with van der Waals surface area (Å²) < 4.78 is 10.5. The van der Waals surface area contributed by atoms with Gasteiger partial charge in [0.1, 0.15) is 0 Å². The molecule has 0 radical (unpaired) electrons. The minimum Gasteiger partial charge on any atom is -0.466 e. The third-order valence-electron chi connectivity index (χ3n) is 3.78. The second kappa shape index (κ2) is 10.3. The van der Waals surface area contributed by atoms with Gasteiger partial charge >= 0.3 is 5.97 Å². The number of halogens is 1. The Hall–Kier alpha value is -0.570. The smallest absolute Gasteiger partial charge is 0.310 e. The number of hydrogen-bond donors (Lipinski definition) is 1. The van der Waals surface area contributed by atoms with Crippen molar-refractivity contribution in [3.8, 4) is 0 Å². The first kappa shape index (κ1) is 21.4. The van der Waals surface area contributed by atoms with Gasteiger partial charge in [0.25, 0.3) is 0 Å². The van der Waals surface area contributed by atoms with Crippen LogP contribution < -0.4 is 5.32 Å². The molecule has 1 heterocycles. The number of piperidine rings is 1. The number of hydrogen-bond acceptors (Lipinski definition) is 4. The molecule has 0 aromatic rings. The highest BCUT2D eigenvalue weighted by molar-refractivity contribution is 14.0. The number of nitrogens with one attached hydrogen (secondary N) is 1. The maximum atomic E-state index is 11.9. The predicted molar refractivity (Wildman–Crippen MR) is 98.8 cm³/mol. The van der Waals surface area contributed by atoms with Gasteiger partial charge in [-0.1, -0.05) is 0 Å². The van der Waals surface area contributed by atoms with Gasteiger partial charge in [0.2, 0.25) is 0 Å². The molecular weight excluding hydrogens is 397 g/mol. The topological polar surface area (TPSA) is 63.2 Å². The van der Waals surface area contributed by atoms with Crippen molar-refractivity contribution in [2.24, 2.45) is 10.9 Å². The second-order valence-electron chi connectivity index (χ2n) is 5.90. The maximum Gasteiger partial charge on any atom is 0.310 e. The summed E-state index contributed by atoms with van der Waals surface area (Å²) in [4.78, 5) is 18.3. The first-order valence-corrected chi connectivity index (χ1v) is 7.61. The van der Waals surface area contributed by atoms with Crippen LogP contribution >= 0.6 is 24.0 Å². The molecule has 1 rings (SSSR count). The molecule has 0 aromatic heterocycles. The van der Waals surface area contributed by atoms with E-state index in [0.29, 0.717) is 19.7 Å². The van der Waals surface area contributed by atoms with E-state index in [9.17, 15) is 4.79 Å². The normalized spacial score (nSPS) is 19.4. The zero-order valence-electron chi connectivity index (χ0n) is 14.3. The summed E-state index contributed by atoms with van der Waals surface area (Å²) in [6.45, 7) is 8.54. The number of likely N-dealkylation sites (tertiary alicyclic amines) is 1. The molecule has 1 aliphatic rings. The number of aliphatic imine (C=N–C) groups is 1. The Morgan fingerprint density at radius 1 is 1.45 bits per heavy atom. The van der Waals surface area contributed by atoms with Gasteiger partial charge < -0.3 is 19.7 Å². The fraction of sp³-hybridized carbons (Fsp3) is 0.867. The van der Waals surface area contributed by atoms with Crippen LogP contribution in [-0.2, 0) is 14.3 Å². The van der Waals surface area contributed by atoms with Gasteiger partial charge in [-0.25, -0.2) is 0 Å². The minimum absolute atomic E-state index is 0. The monoisotopic (exact) mass is 427 g/mol. The third-order valence-corrected chi connectivity index (χ3v) is 3.78. The number of esters is 1. The van der Waals surface area contributed by atoms with Crippen LogP contribution in [0, 0.1) is 5.92 Å². The number of ether oxygens (including phenoxy) is 2. The number of methoxy groups -OCH3 is 1. The van der Waals surface area contributed by atoms with E-state index in [1.165, 1.54) is 0 Å². The van der Waals surface area contributed by atoms with Crippen LogP contribution in [0.2, 0.25) is 0 Å². The lowest BCUT2D eigenvalue weighted by Gasteiger charge is -2.35. The summed E-state index contributed by atoms with van der Waals surface area (Å²) in [6.07, 6.45) is 1.85. The molecule has 1 saturated heterocycles. The van der Waals surface area contributed by atoms with Crippen molar-refractivity contribution in [2.75, 3.05) is 40.4 Å². The van der Waals surface area contributed by atoms with Crippen LogP contribution in [-0.4, -0.2) is 62.8 Å². The fourth-order valence-corrected chi connectivity index (χ4v) is 2.32. The Morgan fingerprint density at radius 2 is 2.14 bits per heavy atom. The summed E-state index contributed by atoms with van der Waals surface area (Å²) in [5.74, 6) is 0.650. The van der Waals surface area contributed by atoms with Gasteiger partial charge in [-0.05, 0) is 33.6 Å². The van der Waals surface area contributed by atoms with Crippen molar-refractivity contribution in [3.63, 3.8) is 0 Å². The highest BCUT2D eigenvalue weighted by Crippen LogP contribution is 2.18. The quantitative estimate of drug-likeness (QED) is 0.314. The van der Waals surface area contributed by atoms with Crippen molar-refractivity contribution >= 4 is 35.9 Å². The summed E-state index contributed by atoms with van der Waals surface area (Å²) in [5.41, 5.74) is -0.258. The maximum absolute atomic E-state index is 11.9. The van der Waals surface area contributed by atoms with Gasteiger partial charge in [-0.15, -0.1) is 24.0 Å². The van der Waals surface area contributed by atoms with Crippen LogP contribution in [0.1, 0.15) is 33.6 Å². The first-order valence-electron chi connectivity index (χ1n) is 7.61. The van der Waals surface area contributed by atoms with Crippen LogP contribution in [0.25, 0.3) is 0 Å². The molecular formula is C15H30IN3O3. The molecule has 1 N–H and O–H groups in total. The summed E-state index contributed by atoms with van der Waals surface area (Å²) in [7, 11) is 3.46. The zero-order chi connectivity index (χ0) is 15.9. The molecule has 7 heteroatoms. The number of guanidine groups is 1. The van der Waals surface area contributed by atoms with Crippen molar-refractivity contribution < 1.29 is 14.3 Å². The molecule has 130 valence electrons. The van der Waals surface area contributed by atoms with E-state index in [-0.39, 0.29) is 41.5 Å². The van der Waals surface area contributed by atoms with Crippen LogP contribution in [0.5, 0.6) is 0 Å². The van der Waals surface area contributed by atoms with E-state index in [0.717, 1.165) is 25.3 Å². The lowest BCUT2D eigenvalue weighted by molar-refractivity contribution is -0.149. The van der Waals surface area contributed by atoms with Crippen LogP contribution in [0.4, 0.5) is 0 Å². The van der Waals surface area contributed by atoms with E-state index in [1.54, 1.807) is 14.2 Å². The molecule has 0 spiro atoms. The molecule has 6 nitrogen and oxygen atoms in total. The van der Waals surface area contributed by atoms with Gasteiger partial charge in [-0.2, -0.15) is 0 Å². The van der Waals surface area contributed by atoms with Crippen molar-refractivity contribution in [1.29, 1.82) is 0 Å². The van der Waals surface area contributed by atoms with E-state index < -0.39 is 0 Å². The molecule has 1 atom stereocenters. The van der Waals surface area contributed by atoms with Gasteiger partial charge in [-0.3, -0.25) is 9.79 Å². The molecule has 0 aromatic carbocycles. The summed E-state index contributed by atoms with van der Waals surface area (Å²) in [5, 5.41) is 3.32. The lowest BCUT2D eigenvalue weighted by atomic mass is 9.98. The Labute approximate surface area is 151 Å². The molecule has 1 fully saturated rings. The molecule has 0 saturated carbocycles. The van der Waals surface area contributed by atoms with Gasteiger partial charge in [0.05, 0.1) is 18.1 Å². The van der Waals surface area contributed by atoms with Gasteiger partial charge in [0, 0.05) is 33.8 Å². The molecule has 0 aliphatic carbocycles. The zero-order valence-corrected chi connectivity index (χ0v) is 16.7. The van der Waals surface area contributed by atoms with Crippen molar-refractivity contribution in [3.05, 3.63) is 0 Å². The Kier molecular flexibility index (Phi) is 9.99. The third kappa shape index (κ3) is 6.68. The number of nitrogens with zero attached hydrogens (tertiary/aromatic N) is 2. The van der Waals surface area contributed by atoms with E-state index in [2.05, 4.69) is 15.2 Å². The molecule has 1 aliphatic heterocycles. The summed E-state index contributed by atoms with van der Waals surface area (Å²) >= 11 is 0. The van der Waals surface area contributed by atoms with Gasteiger partial charge in [0.15, 0.2) is 5.96 Å². The first-order chi connectivity index (χ1) is 9.93. The average molecular weight is 427 g/mol. The average Bonchev–Trinajstić information content (AvgIpc) is 2.48. The summed E-state index contributed by atoms with van der Waals surface area (Å²) in [6, 6.07) is 0. The Balaban J connectivity index is 0.00000441. The molecule has 0 unspecified atom stereocenters. The van der Waals surface area contributed by atoms with Crippen molar-refractivity contribution in [1.82, 2.24) is 10.2 Å². The number of rotatable bonds is 5. The number of carbonyl (C=O) groups is 1. The lowest BCUT2D eigenvalue weighted by Crippen LogP contribution is -2.51.